The van der Waals surface area contributed by atoms with Gasteiger partial charge in [-0.1, -0.05) is 26.2 Å². The van der Waals surface area contributed by atoms with Gasteiger partial charge in [-0.25, -0.2) is 0 Å². The molecule has 0 saturated heterocycles. The van der Waals surface area contributed by atoms with Gasteiger partial charge in [0, 0.05) is 0 Å². The first-order chi connectivity index (χ1) is 15.1. The van der Waals surface area contributed by atoms with E-state index in [0.29, 0.717) is 41.4 Å². The van der Waals surface area contributed by atoms with Gasteiger partial charge in [0.05, 0.1) is 11.3 Å². The first-order valence-corrected chi connectivity index (χ1v) is 13.6. The Labute approximate surface area is 194 Å². The average molecular weight is 445 g/mol. The molecule has 0 aromatic carbocycles. The van der Waals surface area contributed by atoms with E-state index in [2.05, 4.69) is 20.8 Å². The van der Waals surface area contributed by atoms with Crippen molar-refractivity contribution in [2.75, 3.05) is 0 Å². The molecule has 5 aliphatic rings. The van der Waals surface area contributed by atoms with Crippen LogP contribution >= 0.6 is 0 Å². The first kappa shape index (κ1) is 22.7. The normalized spacial score (nSPS) is 41.0. The fraction of sp³-hybridized carbons (Fsp3) is 0.929. The van der Waals surface area contributed by atoms with Crippen molar-refractivity contribution in [1.29, 1.82) is 0 Å². The third kappa shape index (κ3) is 3.63. The summed E-state index contributed by atoms with van der Waals surface area (Å²) in [7, 11) is 0. The number of rotatable bonds is 6. The molecule has 0 N–H and O–H groups in total. The molecule has 8 unspecified atom stereocenters. The van der Waals surface area contributed by atoms with Crippen LogP contribution in [0.5, 0.6) is 0 Å². The summed E-state index contributed by atoms with van der Waals surface area (Å²) in [6.45, 7) is 10.3. The lowest BCUT2D eigenvalue weighted by molar-refractivity contribution is -0.172. The molecule has 5 saturated carbocycles. The standard InChI is InChI=1S/C28H44O4/c1-6-27(2,3)26(30)31-22-15-17-14-21(22)24-16-12-19(23(17)24)20(13-16)25(29)32-28(4,5)18-10-8-7-9-11-18/h16-24H,6-15H2,1-5H3. The van der Waals surface area contributed by atoms with Crippen molar-refractivity contribution >= 4 is 11.9 Å². The summed E-state index contributed by atoms with van der Waals surface area (Å²) in [6, 6.07) is 0. The average Bonchev–Trinajstić information content (AvgIpc) is 3.52. The third-order valence-electron chi connectivity index (χ3n) is 10.7. The SMILES string of the molecule is CCC(C)(C)C(=O)OC1CC2CC1C1C3CC(C(=O)OC(C)(C)C4CCCCC4)C(C3)C21. The quantitative estimate of drug-likeness (QED) is 0.363. The van der Waals surface area contributed by atoms with E-state index in [1.165, 1.54) is 44.9 Å². The lowest BCUT2D eigenvalue weighted by Gasteiger charge is -2.42. The Hall–Kier alpha value is -1.06. The summed E-state index contributed by atoms with van der Waals surface area (Å²) in [5.41, 5.74) is -0.727. The van der Waals surface area contributed by atoms with E-state index in [4.69, 9.17) is 9.47 Å². The Bertz CT molecular complexity index is 749. The Morgan fingerprint density at radius 3 is 2.16 bits per heavy atom. The maximum absolute atomic E-state index is 13.3. The van der Waals surface area contributed by atoms with Crippen molar-refractivity contribution in [2.24, 2.45) is 52.8 Å². The minimum absolute atomic E-state index is 0.0244. The molecule has 4 bridgehead atoms. The maximum atomic E-state index is 13.3. The van der Waals surface area contributed by atoms with E-state index in [0.717, 1.165) is 19.3 Å². The van der Waals surface area contributed by atoms with Crippen molar-refractivity contribution in [3.8, 4) is 0 Å². The molecule has 0 aromatic rings. The van der Waals surface area contributed by atoms with Crippen LogP contribution in [0.1, 0.15) is 98.8 Å². The molecular weight excluding hydrogens is 400 g/mol. The van der Waals surface area contributed by atoms with Crippen molar-refractivity contribution in [1.82, 2.24) is 0 Å². The molecule has 32 heavy (non-hydrogen) atoms. The number of hydrogen-bond donors (Lipinski definition) is 0. The van der Waals surface area contributed by atoms with Gasteiger partial charge in [-0.2, -0.15) is 0 Å². The van der Waals surface area contributed by atoms with E-state index in [1.807, 2.05) is 13.8 Å². The van der Waals surface area contributed by atoms with Gasteiger partial charge in [-0.05, 0) is 114 Å². The van der Waals surface area contributed by atoms with Gasteiger partial charge in [0.2, 0.25) is 0 Å². The van der Waals surface area contributed by atoms with Crippen LogP contribution in [-0.2, 0) is 19.1 Å². The molecule has 4 nitrogen and oxygen atoms in total. The van der Waals surface area contributed by atoms with Crippen LogP contribution in [0, 0.1) is 52.8 Å². The number of carbonyl (C=O) groups is 2. The van der Waals surface area contributed by atoms with Crippen molar-refractivity contribution in [3.05, 3.63) is 0 Å². The van der Waals surface area contributed by atoms with E-state index in [-0.39, 0.29) is 29.6 Å². The molecular formula is C28H44O4. The van der Waals surface area contributed by atoms with Crippen LogP contribution in [0.4, 0.5) is 0 Å². The van der Waals surface area contributed by atoms with Crippen molar-refractivity contribution in [2.45, 2.75) is 111 Å². The minimum Gasteiger partial charge on any atom is -0.462 e. The fourth-order valence-corrected chi connectivity index (χ4v) is 8.60. The second-order valence-electron chi connectivity index (χ2n) is 13.1. The summed E-state index contributed by atoms with van der Waals surface area (Å²) in [5, 5.41) is 0. The van der Waals surface area contributed by atoms with Crippen molar-refractivity contribution in [3.63, 3.8) is 0 Å². The summed E-state index contributed by atoms with van der Waals surface area (Å²) in [5.74, 6) is 4.26. The fourth-order valence-electron chi connectivity index (χ4n) is 8.60. The molecule has 5 aliphatic carbocycles. The molecule has 0 spiro atoms. The maximum Gasteiger partial charge on any atom is 0.311 e. The zero-order valence-electron chi connectivity index (χ0n) is 20.9. The molecule has 4 heteroatoms. The van der Waals surface area contributed by atoms with Gasteiger partial charge >= 0.3 is 11.9 Å². The second kappa shape index (κ2) is 8.01. The largest absolute Gasteiger partial charge is 0.462 e. The van der Waals surface area contributed by atoms with Gasteiger partial charge in [-0.15, -0.1) is 0 Å². The smallest absolute Gasteiger partial charge is 0.311 e. The van der Waals surface area contributed by atoms with E-state index in [1.54, 1.807) is 0 Å². The first-order valence-electron chi connectivity index (χ1n) is 13.6. The van der Waals surface area contributed by atoms with Gasteiger partial charge in [0.15, 0.2) is 0 Å². The highest BCUT2D eigenvalue weighted by molar-refractivity contribution is 5.76. The molecule has 8 atom stereocenters. The molecule has 0 heterocycles. The Balaban J connectivity index is 1.22. The Kier molecular flexibility index (Phi) is 5.69. The molecule has 5 rings (SSSR count). The van der Waals surface area contributed by atoms with Crippen LogP contribution in [0.2, 0.25) is 0 Å². The van der Waals surface area contributed by atoms with Crippen molar-refractivity contribution < 1.29 is 19.1 Å². The molecule has 0 radical (unpaired) electrons. The van der Waals surface area contributed by atoms with Gasteiger partial charge < -0.3 is 9.47 Å². The Morgan fingerprint density at radius 2 is 1.47 bits per heavy atom. The highest BCUT2D eigenvalue weighted by Crippen LogP contribution is 2.69. The zero-order valence-corrected chi connectivity index (χ0v) is 20.9. The second-order valence-corrected chi connectivity index (χ2v) is 13.1. The summed E-state index contributed by atoms with van der Waals surface area (Å²) in [6.07, 6.45) is 11.6. The highest BCUT2D eigenvalue weighted by atomic mass is 16.6. The van der Waals surface area contributed by atoms with Gasteiger partial charge in [0.25, 0.3) is 0 Å². The summed E-state index contributed by atoms with van der Waals surface area (Å²) >= 11 is 0. The van der Waals surface area contributed by atoms with Crippen LogP contribution in [-0.4, -0.2) is 23.6 Å². The van der Waals surface area contributed by atoms with E-state index < -0.39 is 5.41 Å². The molecule has 0 aliphatic heterocycles. The predicted octanol–water partition coefficient (Wildman–Crippen LogP) is 6.16. The third-order valence-corrected chi connectivity index (χ3v) is 10.7. The molecule has 5 fully saturated rings. The molecule has 180 valence electrons. The monoisotopic (exact) mass is 444 g/mol. The van der Waals surface area contributed by atoms with Crippen LogP contribution in [0.25, 0.3) is 0 Å². The van der Waals surface area contributed by atoms with Crippen LogP contribution < -0.4 is 0 Å². The lowest BCUT2D eigenvalue weighted by atomic mass is 9.66. The summed E-state index contributed by atoms with van der Waals surface area (Å²) < 4.78 is 12.4. The predicted molar refractivity (Wildman–Crippen MR) is 124 cm³/mol. The zero-order chi connectivity index (χ0) is 22.8. The topological polar surface area (TPSA) is 52.6 Å². The number of fused-ring (bicyclic) bond motifs is 9. The van der Waals surface area contributed by atoms with E-state index >= 15 is 0 Å². The number of carbonyl (C=O) groups excluding carboxylic acids is 2. The van der Waals surface area contributed by atoms with Crippen LogP contribution in [0.3, 0.4) is 0 Å². The highest BCUT2D eigenvalue weighted by Gasteiger charge is 2.66. The number of hydrogen-bond acceptors (Lipinski definition) is 4. The summed E-state index contributed by atoms with van der Waals surface area (Å²) in [4.78, 5) is 26.1. The Morgan fingerprint density at radius 1 is 0.844 bits per heavy atom. The molecule has 0 amide bonds. The number of ether oxygens (including phenoxy) is 2. The number of esters is 2. The minimum atomic E-state index is -0.393. The molecule has 0 aromatic heterocycles. The lowest BCUT2D eigenvalue weighted by Crippen LogP contribution is -2.44. The van der Waals surface area contributed by atoms with Gasteiger partial charge in [-0.3, -0.25) is 9.59 Å². The van der Waals surface area contributed by atoms with Gasteiger partial charge in [0.1, 0.15) is 11.7 Å². The van der Waals surface area contributed by atoms with E-state index in [9.17, 15) is 9.59 Å². The van der Waals surface area contributed by atoms with Crippen LogP contribution in [0.15, 0.2) is 0 Å².